The molecule has 3 heteroatoms. The second kappa shape index (κ2) is 7.95. The molecule has 0 heterocycles. The Balaban J connectivity index is 2.71. The molecule has 0 aliphatic heterocycles. The number of benzene rings is 1. The van der Waals surface area contributed by atoms with Gasteiger partial charge in [-0.2, -0.15) is 0 Å². The topological polar surface area (TPSA) is 40.5 Å². The number of aliphatic hydroxyl groups is 1. The van der Waals surface area contributed by atoms with Crippen molar-refractivity contribution in [2.75, 3.05) is 19.7 Å². The SMILES string of the molecule is CCCCN(CCO)C(=O)Cc1cc(C)ccc1C. The number of carbonyl (C=O) groups is 1. The van der Waals surface area contributed by atoms with Gasteiger partial charge >= 0.3 is 0 Å². The zero-order chi connectivity index (χ0) is 14.3. The molecule has 0 saturated carbocycles. The van der Waals surface area contributed by atoms with Crippen LogP contribution in [0.4, 0.5) is 0 Å². The van der Waals surface area contributed by atoms with Crippen LogP contribution in [0.2, 0.25) is 0 Å². The van der Waals surface area contributed by atoms with E-state index in [1.165, 1.54) is 5.56 Å². The van der Waals surface area contributed by atoms with Gasteiger partial charge < -0.3 is 10.0 Å². The Kier molecular flexibility index (Phi) is 6.57. The molecule has 0 bridgehead atoms. The highest BCUT2D eigenvalue weighted by Gasteiger charge is 2.14. The highest BCUT2D eigenvalue weighted by atomic mass is 16.3. The number of nitrogens with zero attached hydrogens (tertiary/aromatic N) is 1. The number of unbranched alkanes of at least 4 members (excludes halogenated alkanes) is 1. The molecule has 1 N–H and O–H groups in total. The first-order valence-electron chi connectivity index (χ1n) is 7.03. The molecule has 1 rings (SSSR count). The fourth-order valence-electron chi connectivity index (χ4n) is 2.10. The van der Waals surface area contributed by atoms with Crippen molar-refractivity contribution in [3.8, 4) is 0 Å². The van der Waals surface area contributed by atoms with Gasteiger partial charge in [0.1, 0.15) is 0 Å². The standard InChI is InChI=1S/C16H25NO2/c1-4-5-8-17(9-10-18)16(19)12-15-11-13(2)6-7-14(15)3/h6-7,11,18H,4-5,8-10,12H2,1-3H3. The van der Waals surface area contributed by atoms with E-state index in [4.69, 9.17) is 5.11 Å². The molecule has 0 fully saturated rings. The van der Waals surface area contributed by atoms with Crippen LogP contribution in [-0.4, -0.2) is 35.6 Å². The van der Waals surface area contributed by atoms with Crippen LogP contribution in [0.15, 0.2) is 18.2 Å². The van der Waals surface area contributed by atoms with E-state index < -0.39 is 0 Å². The second-order valence-electron chi connectivity index (χ2n) is 5.06. The van der Waals surface area contributed by atoms with Gasteiger partial charge in [0.05, 0.1) is 13.0 Å². The Hall–Kier alpha value is -1.35. The summed E-state index contributed by atoms with van der Waals surface area (Å²) in [6.45, 7) is 7.37. The number of hydrogen-bond acceptors (Lipinski definition) is 2. The minimum absolute atomic E-state index is 0.0300. The van der Waals surface area contributed by atoms with Crippen LogP contribution in [0.25, 0.3) is 0 Å². The van der Waals surface area contributed by atoms with E-state index in [1.54, 1.807) is 4.90 Å². The molecule has 0 aliphatic rings. The van der Waals surface area contributed by atoms with Crippen molar-refractivity contribution in [2.24, 2.45) is 0 Å². The van der Waals surface area contributed by atoms with Gasteiger partial charge in [0.25, 0.3) is 0 Å². The number of amides is 1. The lowest BCUT2D eigenvalue weighted by Crippen LogP contribution is -2.35. The molecule has 1 aromatic rings. The number of aryl methyl sites for hydroxylation is 2. The van der Waals surface area contributed by atoms with Crippen molar-refractivity contribution < 1.29 is 9.90 Å². The van der Waals surface area contributed by atoms with Gasteiger partial charge in [-0.3, -0.25) is 4.79 Å². The summed E-state index contributed by atoms with van der Waals surface area (Å²) in [5.41, 5.74) is 3.42. The maximum absolute atomic E-state index is 12.3. The van der Waals surface area contributed by atoms with Crippen LogP contribution in [0.1, 0.15) is 36.5 Å². The summed E-state index contributed by atoms with van der Waals surface area (Å²) in [4.78, 5) is 14.1. The molecule has 0 aliphatic carbocycles. The second-order valence-corrected chi connectivity index (χ2v) is 5.06. The molecule has 0 radical (unpaired) electrons. The van der Waals surface area contributed by atoms with E-state index in [2.05, 4.69) is 25.1 Å². The van der Waals surface area contributed by atoms with E-state index >= 15 is 0 Å². The van der Waals surface area contributed by atoms with Crippen LogP contribution in [-0.2, 0) is 11.2 Å². The molecule has 106 valence electrons. The van der Waals surface area contributed by atoms with Gasteiger partial charge in [-0.25, -0.2) is 0 Å². The lowest BCUT2D eigenvalue weighted by Gasteiger charge is -2.22. The van der Waals surface area contributed by atoms with Gasteiger partial charge in [-0.15, -0.1) is 0 Å². The Morgan fingerprint density at radius 3 is 2.63 bits per heavy atom. The molecular formula is C16H25NO2. The van der Waals surface area contributed by atoms with Crippen molar-refractivity contribution in [3.05, 3.63) is 34.9 Å². The molecular weight excluding hydrogens is 238 g/mol. The summed E-state index contributed by atoms with van der Waals surface area (Å²) < 4.78 is 0. The van der Waals surface area contributed by atoms with Gasteiger partial charge in [0.15, 0.2) is 0 Å². The average Bonchev–Trinajstić information content (AvgIpc) is 2.38. The third-order valence-electron chi connectivity index (χ3n) is 3.35. The summed E-state index contributed by atoms with van der Waals surface area (Å²) in [6.07, 6.45) is 2.47. The molecule has 19 heavy (non-hydrogen) atoms. The quantitative estimate of drug-likeness (QED) is 0.821. The molecule has 3 nitrogen and oxygen atoms in total. The van der Waals surface area contributed by atoms with Crippen LogP contribution < -0.4 is 0 Å². The zero-order valence-electron chi connectivity index (χ0n) is 12.3. The molecule has 0 saturated heterocycles. The summed E-state index contributed by atoms with van der Waals surface area (Å²) in [6, 6.07) is 6.19. The van der Waals surface area contributed by atoms with Crippen molar-refractivity contribution in [1.29, 1.82) is 0 Å². The van der Waals surface area contributed by atoms with Crippen LogP contribution in [0, 0.1) is 13.8 Å². The van der Waals surface area contributed by atoms with Gasteiger partial charge in [0.2, 0.25) is 5.91 Å². The Bertz CT molecular complexity index is 415. The number of aliphatic hydroxyl groups excluding tert-OH is 1. The van der Waals surface area contributed by atoms with E-state index in [1.807, 2.05) is 13.8 Å². The molecule has 0 unspecified atom stereocenters. The number of rotatable bonds is 7. The van der Waals surface area contributed by atoms with Crippen molar-refractivity contribution in [2.45, 2.75) is 40.0 Å². The summed E-state index contributed by atoms with van der Waals surface area (Å²) in [5, 5.41) is 9.06. The van der Waals surface area contributed by atoms with Crippen molar-refractivity contribution in [3.63, 3.8) is 0 Å². The first kappa shape index (κ1) is 15.7. The fourth-order valence-corrected chi connectivity index (χ4v) is 2.10. The monoisotopic (exact) mass is 263 g/mol. The first-order chi connectivity index (χ1) is 9.08. The molecule has 1 amide bonds. The summed E-state index contributed by atoms with van der Waals surface area (Å²) in [7, 11) is 0. The van der Waals surface area contributed by atoms with Crippen LogP contribution >= 0.6 is 0 Å². The zero-order valence-corrected chi connectivity index (χ0v) is 12.3. The van der Waals surface area contributed by atoms with Gasteiger partial charge in [-0.1, -0.05) is 37.1 Å². The Morgan fingerprint density at radius 1 is 1.26 bits per heavy atom. The highest BCUT2D eigenvalue weighted by Crippen LogP contribution is 2.12. The normalized spacial score (nSPS) is 10.5. The summed E-state index contributed by atoms with van der Waals surface area (Å²) in [5.74, 6) is 0.108. The fraction of sp³-hybridized carbons (Fsp3) is 0.562. The first-order valence-corrected chi connectivity index (χ1v) is 7.03. The lowest BCUT2D eigenvalue weighted by atomic mass is 10.0. The largest absolute Gasteiger partial charge is 0.395 e. The van der Waals surface area contributed by atoms with Crippen molar-refractivity contribution >= 4 is 5.91 Å². The molecule has 0 spiro atoms. The van der Waals surface area contributed by atoms with E-state index in [-0.39, 0.29) is 12.5 Å². The number of carbonyl (C=O) groups excluding carboxylic acids is 1. The molecule has 1 aromatic carbocycles. The van der Waals surface area contributed by atoms with E-state index in [0.717, 1.165) is 30.5 Å². The smallest absolute Gasteiger partial charge is 0.227 e. The molecule has 0 aromatic heterocycles. The Morgan fingerprint density at radius 2 is 2.00 bits per heavy atom. The van der Waals surface area contributed by atoms with Gasteiger partial charge in [-0.05, 0) is 31.4 Å². The van der Waals surface area contributed by atoms with E-state index in [9.17, 15) is 4.79 Å². The maximum Gasteiger partial charge on any atom is 0.227 e. The van der Waals surface area contributed by atoms with Crippen LogP contribution in [0.5, 0.6) is 0 Å². The predicted octanol–water partition coefficient (Wildman–Crippen LogP) is 2.47. The highest BCUT2D eigenvalue weighted by molar-refractivity contribution is 5.79. The number of hydrogen-bond donors (Lipinski definition) is 1. The van der Waals surface area contributed by atoms with E-state index in [0.29, 0.717) is 13.0 Å². The van der Waals surface area contributed by atoms with Crippen LogP contribution in [0.3, 0.4) is 0 Å². The van der Waals surface area contributed by atoms with Crippen molar-refractivity contribution in [1.82, 2.24) is 4.90 Å². The third-order valence-corrected chi connectivity index (χ3v) is 3.35. The predicted molar refractivity (Wildman–Crippen MR) is 78.2 cm³/mol. The Labute approximate surface area is 116 Å². The maximum atomic E-state index is 12.3. The summed E-state index contributed by atoms with van der Waals surface area (Å²) >= 11 is 0. The molecule has 0 atom stereocenters. The minimum Gasteiger partial charge on any atom is -0.395 e. The lowest BCUT2D eigenvalue weighted by molar-refractivity contribution is -0.131. The minimum atomic E-state index is 0.0300. The average molecular weight is 263 g/mol. The van der Waals surface area contributed by atoms with Gasteiger partial charge in [0, 0.05) is 13.1 Å². The third kappa shape index (κ3) is 5.03.